The summed E-state index contributed by atoms with van der Waals surface area (Å²) in [5, 5.41) is 0. The summed E-state index contributed by atoms with van der Waals surface area (Å²) in [6.45, 7) is 13.4. The van der Waals surface area contributed by atoms with Crippen LogP contribution in [-0.2, 0) is 9.53 Å². The van der Waals surface area contributed by atoms with E-state index in [9.17, 15) is 9.59 Å². The van der Waals surface area contributed by atoms with E-state index in [0.29, 0.717) is 25.3 Å². The van der Waals surface area contributed by atoms with Crippen molar-refractivity contribution in [1.82, 2.24) is 4.90 Å². The van der Waals surface area contributed by atoms with E-state index in [1.54, 1.807) is 11.8 Å². The first-order chi connectivity index (χ1) is 11.6. The summed E-state index contributed by atoms with van der Waals surface area (Å²) in [6, 6.07) is 7.54. The predicted molar refractivity (Wildman–Crippen MR) is 99.1 cm³/mol. The molecule has 0 radical (unpaired) electrons. The van der Waals surface area contributed by atoms with Gasteiger partial charge in [0.1, 0.15) is 0 Å². The van der Waals surface area contributed by atoms with Crippen molar-refractivity contribution < 1.29 is 14.3 Å². The summed E-state index contributed by atoms with van der Waals surface area (Å²) in [4.78, 5) is 26.0. The maximum atomic E-state index is 12.4. The highest BCUT2D eigenvalue weighted by molar-refractivity contribution is 5.94. The predicted octanol–water partition coefficient (Wildman–Crippen LogP) is 4.46. The van der Waals surface area contributed by atoms with Crippen molar-refractivity contribution in [2.24, 2.45) is 5.92 Å². The second-order valence-electron chi connectivity index (χ2n) is 5.21. The van der Waals surface area contributed by atoms with E-state index in [4.69, 9.17) is 4.74 Å². The zero-order valence-corrected chi connectivity index (χ0v) is 16.1. The molecule has 4 heteroatoms. The Kier molecular flexibility index (Phi) is 11.6. The van der Waals surface area contributed by atoms with Gasteiger partial charge in [-0.05, 0) is 38.8 Å². The molecule has 1 atom stereocenters. The van der Waals surface area contributed by atoms with Gasteiger partial charge in [0.2, 0.25) is 0 Å². The van der Waals surface area contributed by atoms with Gasteiger partial charge < -0.3 is 9.64 Å². The van der Waals surface area contributed by atoms with E-state index < -0.39 is 0 Å². The van der Waals surface area contributed by atoms with Gasteiger partial charge in [0.05, 0.1) is 12.5 Å². The Hall–Kier alpha value is -1.84. The highest BCUT2D eigenvalue weighted by Gasteiger charge is 2.29. The molecule has 1 aliphatic rings. The Bertz CT molecular complexity index is 482. The molecule has 4 nitrogen and oxygen atoms in total. The molecule has 0 aromatic heterocycles. The van der Waals surface area contributed by atoms with Gasteiger partial charge in [-0.1, -0.05) is 45.4 Å². The topological polar surface area (TPSA) is 46.6 Å². The molecular formula is C20H33NO3. The number of likely N-dealkylation sites (tertiary alicyclic amines) is 1. The minimum Gasteiger partial charge on any atom is -0.466 e. The van der Waals surface area contributed by atoms with Crippen LogP contribution in [0.4, 0.5) is 0 Å². The third-order valence-electron chi connectivity index (χ3n) is 3.63. The maximum Gasteiger partial charge on any atom is 0.310 e. The van der Waals surface area contributed by atoms with Crippen LogP contribution >= 0.6 is 0 Å². The van der Waals surface area contributed by atoms with Crippen molar-refractivity contribution in [2.45, 2.75) is 54.4 Å². The molecule has 2 rings (SSSR count). The molecular weight excluding hydrogens is 302 g/mol. The van der Waals surface area contributed by atoms with Crippen LogP contribution in [0.15, 0.2) is 24.3 Å². The molecule has 0 bridgehead atoms. The zero-order chi connectivity index (χ0) is 18.5. The van der Waals surface area contributed by atoms with Crippen LogP contribution < -0.4 is 0 Å². The van der Waals surface area contributed by atoms with Crippen LogP contribution in [-0.4, -0.2) is 36.5 Å². The summed E-state index contributed by atoms with van der Waals surface area (Å²) in [5.74, 6) is -0.369. The SMILES string of the molecule is CC.CC.CCOC(=O)C1CCCN(C(=O)c2ccc(C)cc2)C1. The Labute approximate surface area is 147 Å². The van der Waals surface area contributed by atoms with Crippen LogP contribution in [0.1, 0.15) is 63.4 Å². The first-order valence-corrected chi connectivity index (χ1v) is 9.14. The van der Waals surface area contributed by atoms with Gasteiger partial charge in [0.25, 0.3) is 5.91 Å². The molecule has 0 N–H and O–H groups in total. The average Bonchev–Trinajstić information content (AvgIpc) is 2.65. The number of hydrogen-bond acceptors (Lipinski definition) is 3. The molecule has 1 fully saturated rings. The highest BCUT2D eigenvalue weighted by Crippen LogP contribution is 2.20. The van der Waals surface area contributed by atoms with Gasteiger partial charge >= 0.3 is 5.97 Å². The van der Waals surface area contributed by atoms with Crippen molar-refractivity contribution in [3.05, 3.63) is 35.4 Å². The van der Waals surface area contributed by atoms with Crippen LogP contribution in [0.2, 0.25) is 0 Å². The molecule has 1 saturated heterocycles. The molecule has 1 aromatic carbocycles. The molecule has 0 aliphatic carbocycles. The minimum absolute atomic E-state index is 0.000927. The lowest BCUT2D eigenvalue weighted by Gasteiger charge is -2.31. The number of hydrogen-bond donors (Lipinski definition) is 0. The second-order valence-corrected chi connectivity index (χ2v) is 5.21. The van der Waals surface area contributed by atoms with Crippen LogP contribution in [0.3, 0.4) is 0 Å². The van der Waals surface area contributed by atoms with Gasteiger partial charge in [0, 0.05) is 18.7 Å². The van der Waals surface area contributed by atoms with Crippen molar-refractivity contribution in [3.8, 4) is 0 Å². The second kappa shape index (κ2) is 12.6. The molecule has 136 valence electrons. The number of aryl methyl sites for hydroxylation is 1. The van der Waals surface area contributed by atoms with E-state index in [2.05, 4.69) is 0 Å². The molecule has 1 aromatic rings. The molecule has 1 unspecified atom stereocenters. The van der Waals surface area contributed by atoms with Gasteiger partial charge in [-0.25, -0.2) is 0 Å². The summed E-state index contributed by atoms with van der Waals surface area (Å²) >= 11 is 0. The Morgan fingerprint density at radius 1 is 1.12 bits per heavy atom. The Morgan fingerprint density at radius 2 is 1.71 bits per heavy atom. The monoisotopic (exact) mass is 335 g/mol. The number of amides is 1. The molecule has 1 heterocycles. The smallest absolute Gasteiger partial charge is 0.310 e. The van der Waals surface area contributed by atoms with E-state index in [0.717, 1.165) is 18.4 Å². The van der Waals surface area contributed by atoms with Gasteiger partial charge in [-0.15, -0.1) is 0 Å². The molecule has 24 heavy (non-hydrogen) atoms. The van der Waals surface area contributed by atoms with Crippen LogP contribution in [0.5, 0.6) is 0 Å². The number of ether oxygens (including phenoxy) is 1. The number of nitrogens with zero attached hydrogens (tertiary/aromatic N) is 1. The summed E-state index contributed by atoms with van der Waals surface area (Å²) < 4.78 is 5.05. The highest BCUT2D eigenvalue weighted by atomic mass is 16.5. The molecule has 1 amide bonds. The fraction of sp³-hybridized carbons (Fsp3) is 0.600. The standard InChI is InChI=1S/C16H21NO3.2C2H6/c1-3-20-16(19)14-5-4-10-17(11-14)15(18)13-8-6-12(2)7-9-13;2*1-2/h6-9,14H,3-5,10-11H2,1-2H3;2*1-2H3. The third kappa shape index (κ3) is 6.73. The normalized spacial score (nSPS) is 16.1. The van der Waals surface area contributed by atoms with Gasteiger partial charge in [-0.2, -0.15) is 0 Å². The van der Waals surface area contributed by atoms with E-state index in [1.807, 2.05) is 58.9 Å². The first-order valence-electron chi connectivity index (χ1n) is 9.14. The zero-order valence-electron chi connectivity index (χ0n) is 16.1. The molecule has 0 saturated carbocycles. The lowest BCUT2D eigenvalue weighted by atomic mass is 9.97. The summed E-state index contributed by atoms with van der Waals surface area (Å²) in [7, 11) is 0. The summed E-state index contributed by atoms with van der Waals surface area (Å²) in [5.41, 5.74) is 1.81. The maximum absolute atomic E-state index is 12.4. The fourth-order valence-electron chi connectivity index (χ4n) is 2.49. The van der Waals surface area contributed by atoms with Crippen molar-refractivity contribution in [2.75, 3.05) is 19.7 Å². The van der Waals surface area contributed by atoms with E-state index >= 15 is 0 Å². The average molecular weight is 335 g/mol. The number of piperidine rings is 1. The van der Waals surface area contributed by atoms with Gasteiger partial charge in [-0.3, -0.25) is 9.59 Å². The van der Waals surface area contributed by atoms with Crippen LogP contribution in [0.25, 0.3) is 0 Å². The van der Waals surface area contributed by atoms with Gasteiger partial charge in [0.15, 0.2) is 0 Å². The van der Waals surface area contributed by atoms with Crippen LogP contribution in [0, 0.1) is 12.8 Å². The van der Waals surface area contributed by atoms with E-state index in [-0.39, 0.29) is 17.8 Å². The number of benzene rings is 1. The first kappa shape index (κ1) is 22.2. The lowest BCUT2D eigenvalue weighted by molar-refractivity contribution is -0.149. The fourth-order valence-corrected chi connectivity index (χ4v) is 2.49. The Morgan fingerprint density at radius 3 is 2.25 bits per heavy atom. The van der Waals surface area contributed by atoms with Crippen molar-refractivity contribution >= 4 is 11.9 Å². The number of carbonyl (C=O) groups is 2. The number of rotatable bonds is 3. The largest absolute Gasteiger partial charge is 0.466 e. The quantitative estimate of drug-likeness (QED) is 0.766. The minimum atomic E-state index is -0.186. The van der Waals surface area contributed by atoms with Crippen molar-refractivity contribution in [3.63, 3.8) is 0 Å². The summed E-state index contributed by atoms with van der Waals surface area (Å²) in [6.07, 6.45) is 1.65. The van der Waals surface area contributed by atoms with E-state index in [1.165, 1.54) is 0 Å². The Balaban J connectivity index is 0.00000123. The van der Waals surface area contributed by atoms with Crippen molar-refractivity contribution in [1.29, 1.82) is 0 Å². The number of carbonyl (C=O) groups excluding carboxylic acids is 2. The third-order valence-corrected chi connectivity index (χ3v) is 3.63. The number of esters is 1. The molecule has 1 aliphatic heterocycles. The lowest BCUT2D eigenvalue weighted by Crippen LogP contribution is -2.42. The molecule has 0 spiro atoms.